The molecule has 2 heterocycles. The predicted octanol–water partition coefficient (Wildman–Crippen LogP) is 2.02. The Kier molecular flexibility index (Phi) is 3.53. The minimum absolute atomic E-state index is 0.0379. The van der Waals surface area contributed by atoms with Gasteiger partial charge in [0.1, 0.15) is 11.6 Å². The first kappa shape index (κ1) is 13.9. The van der Waals surface area contributed by atoms with Crippen molar-refractivity contribution >= 4 is 11.6 Å². The zero-order valence-electron chi connectivity index (χ0n) is 10.7. The van der Waals surface area contributed by atoms with E-state index in [9.17, 15) is 13.2 Å². The van der Waals surface area contributed by atoms with Crippen LogP contribution in [-0.2, 0) is 6.18 Å². The monoisotopic (exact) mass is 275 g/mol. The molecule has 0 aliphatic carbocycles. The average Bonchev–Trinajstić information content (AvgIpc) is 2.66. The molecule has 0 amide bonds. The summed E-state index contributed by atoms with van der Waals surface area (Å²) in [5.74, 6) is 4.63. The van der Waals surface area contributed by atoms with Crippen molar-refractivity contribution < 1.29 is 13.2 Å². The lowest BCUT2D eigenvalue weighted by Crippen LogP contribution is -2.29. The molecule has 19 heavy (non-hydrogen) atoms. The molecule has 0 radical (unpaired) electrons. The molecular weight excluding hydrogens is 259 g/mol. The van der Waals surface area contributed by atoms with E-state index in [1.54, 1.807) is 0 Å². The van der Waals surface area contributed by atoms with Crippen molar-refractivity contribution in [2.45, 2.75) is 32.5 Å². The van der Waals surface area contributed by atoms with Gasteiger partial charge >= 0.3 is 6.18 Å². The number of rotatable bonds is 2. The number of hydrazine groups is 1. The zero-order valence-corrected chi connectivity index (χ0v) is 10.7. The van der Waals surface area contributed by atoms with Gasteiger partial charge in [0.2, 0.25) is 5.82 Å². The number of nitrogen functional groups attached to an aromatic ring is 1. The smallest absolute Gasteiger partial charge is 0.353 e. The molecule has 1 aromatic heterocycles. The fraction of sp³-hybridized carbons (Fsp3) is 0.636. The van der Waals surface area contributed by atoms with E-state index in [0.717, 1.165) is 6.42 Å². The maximum Gasteiger partial charge on any atom is 0.451 e. The molecule has 2 rings (SSSR count). The van der Waals surface area contributed by atoms with Gasteiger partial charge in [-0.2, -0.15) is 13.2 Å². The summed E-state index contributed by atoms with van der Waals surface area (Å²) in [6, 6.07) is 1.58. The lowest BCUT2D eigenvalue weighted by molar-refractivity contribution is -0.144. The van der Waals surface area contributed by atoms with E-state index in [-0.39, 0.29) is 17.7 Å². The Morgan fingerprint density at radius 3 is 2.53 bits per heavy atom. The van der Waals surface area contributed by atoms with Crippen molar-refractivity contribution in [3.05, 3.63) is 11.9 Å². The summed E-state index contributed by atoms with van der Waals surface area (Å²) in [4.78, 5) is 8.80. The van der Waals surface area contributed by atoms with Gasteiger partial charge in [-0.05, 0) is 19.3 Å². The fourth-order valence-electron chi connectivity index (χ4n) is 2.40. The average molecular weight is 275 g/mol. The normalized spacial score (nSPS) is 23.8. The van der Waals surface area contributed by atoms with E-state index in [4.69, 9.17) is 5.84 Å². The molecule has 1 aliphatic rings. The van der Waals surface area contributed by atoms with E-state index < -0.39 is 12.0 Å². The molecule has 2 atom stereocenters. The Balaban J connectivity index is 2.40. The largest absolute Gasteiger partial charge is 0.451 e. The summed E-state index contributed by atoms with van der Waals surface area (Å²) in [5.41, 5.74) is 2.15. The highest BCUT2D eigenvalue weighted by molar-refractivity contribution is 5.50. The molecule has 1 aliphatic heterocycles. The number of hydrogen-bond acceptors (Lipinski definition) is 5. The molecule has 0 spiro atoms. The van der Waals surface area contributed by atoms with Crippen LogP contribution in [0.5, 0.6) is 0 Å². The SMILES string of the molecule is CC1CC(C)N(c2cc(NN)nc(C(F)(F)F)n2)C1. The highest BCUT2D eigenvalue weighted by atomic mass is 19.4. The fourth-order valence-corrected chi connectivity index (χ4v) is 2.40. The highest BCUT2D eigenvalue weighted by Gasteiger charge is 2.37. The van der Waals surface area contributed by atoms with Gasteiger partial charge in [0.15, 0.2) is 0 Å². The van der Waals surface area contributed by atoms with Crippen LogP contribution in [0.1, 0.15) is 26.1 Å². The Bertz CT molecular complexity index is 462. The van der Waals surface area contributed by atoms with Gasteiger partial charge in [-0.15, -0.1) is 0 Å². The summed E-state index contributed by atoms with van der Waals surface area (Å²) in [6.07, 6.45) is -3.66. The second-order valence-corrected chi connectivity index (χ2v) is 4.92. The molecule has 106 valence electrons. The highest BCUT2D eigenvalue weighted by Crippen LogP contribution is 2.32. The summed E-state index contributed by atoms with van der Waals surface area (Å²) in [7, 11) is 0. The second-order valence-electron chi connectivity index (χ2n) is 4.92. The Morgan fingerprint density at radius 1 is 1.37 bits per heavy atom. The summed E-state index contributed by atoms with van der Waals surface area (Å²) >= 11 is 0. The number of anilines is 2. The molecular formula is C11H16F3N5. The Morgan fingerprint density at radius 2 is 2.05 bits per heavy atom. The Hall–Kier alpha value is -1.57. The van der Waals surface area contributed by atoms with Crippen LogP contribution in [0.4, 0.5) is 24.8 Å². The van der Waals surface area contributed by atoms with Crippen LogP contribution in [-0.4, -0.2) is 22.6 Å². The van der Waals surface area contributed by atoms with Crippen LogP contribution in [0, 0.1) is 5.92 Å². The third-order valence-electron chi connectivity index (χ3n) is 3.19. The van der Waals surface area contributed by atoms with E-state index in [0.29, 0.717) is 12.5 Å². The van der Waals surface area contributed by atoms with Gasteiger partial charge in [-0.3, -0.25) is 0 Å². The number of hydrogen-bond donors (Lipinski definition) is 2. The van der Waals surface area contributed by atoms with Gasteiger partial charge in [-0.25, -0.2) is 15.8 Å². The molecule has 1 fully saturated rings. The van der Waals surface area contributed by atoms with Crippen LogP contribution >= 0.6 is 0 Å². The maximum atomic E-state index is 12.7. The summed E-state index contributed by atoms with van der Waals surface area (Å²) < 4.78 is 38.2. The van der Waals surface area contributed by atoms with E-state index in [1.807, 2.05) is 11.8 Å². The third kappa shape index (κ3) is 2.89. The lowest BCUT2D eigenvalue weighted by Gasteiger charge is -2.23. The van der Waals surface area contributed by atoms with Crippen LogP contribution in [0.3, 0.4) is 0 Å². The van der Waals surface area contributed by atoms with Crippen LogP contribution in [0.15, 0.2) is 6.07 Å². The van der Waals surface area contributed by atoms with Crippen molar-refractivity contribution in [2.75, 3.05) is 16.9 Å². The number of nitrogens with one attached hydrogen (secondary N) is 1. The third-order valence-corrected chi connectivity index (χ3v) is 3.19. The van der Waals surface area contributed by atoms with Gasteiger partial charge < -0.3 is 10.3 Å². The number of alkyl halides is 3. The van der Waals surface area contributed by atoms with Crippen molar-refractivity contribution in [3.63, 3.8) is 0 Å². The topological polar surface area (TPSA) is 67.1 Å². The number of nitrogens with two attached hydrogens (primary N) is 1. The van der Waals surface area contributed by atoms with Crippen LogP contribution in [0.2, 0.25) is 0 Å². The van der Waals surface area contributed by atoms with Gasteiger partial charge in [-0.1, -0.05) is 6.92 Å². The second kappa shape index (κ2) is 4.84. The van der Waals surface area contributed by atoms with Crippen molar-refractivity contribution in [1.82, 2.24) is 9.97 Å². The van der Waals surface area contributed by atoms with E-state index in [1.165, 1.54) is 6.07 Å². The first-order chi connectivity index (χ1) is 8.81. The standard InChI is InChI=1S/C11H16F3N5/c1-6-3-7(2)19(5-6)9-4-8(18-15)16-10(17-9)11(12,13)14/h4,6-7H,3,5,15H2,1-2H3,(H,16,17,18). The summed E-state index contributed by atoms with van der Waals surface area (Å²) in [5, 5.41) is 0. The Labute approximate surface area is 109 Å². The maximum absolute atomic E-state index is 12.7. The molecule has 5 nitrogen and oxygen atoms in total. The minimum atomic E-state index is -4.59. The van der Waals surface area contributed by atoms with Crippen molar-refractivity contribution in [1.29, 1.82) is 0 Å². The quantitative estimate of drug-likeness (QED) is 0.638. The van der Waals surface area contributed by atoms with Gasteiger partial charge in [0.05, 0.1) is 0 Å². The van der Waals surface area contributed by atoms with Crippen LogP contribution < -0.4 is 16.2 Å². The molecule has 1 saturated heterocycles. The van der Waals surface area contributed by atoms with E-state index in [2.05, 4.69) is 22.3 Å². The first-order valence-electron chi connectivity index (χ1n) is 6.00. The number of aromatic nitrogens is 2. The molecule has 0 aromatic carbocycles. The predicted molar refractivity (Wildman–Crippen MR) is 65.4 cm³/mol. The van der Waals surface area contributed by atoms with Gasteiger partial charge in [0.25, 0.3) is 0 Å². The number of halogens is 3. The zero-order chi connectivity index (χ0) is 14.2. The lowest BCUT2D eigenvalue weighted by atomic mass is 10.1. The summed E-state index contributed by atoms with van der Waals surface area (Å²) in [6.45, 7) is 4.71. The minimum Gasteiger partial charge on any atom is -0.353 e. The van der Waals surface area contributed by atoms with Crippen LogP contribution in [0.25, 0.3) is 0 Å². The molecule has 2 unspecified atom stereocenters. The molecule has 1 aromatic rings. The first-order valence-corrected chi connectivity index (χ1v) is 6.00. The van der Waals surface area contributed by atoms with E-state index >= 15 is 0 Å². The molecule has 0 bridgehead atoms. The number of nitrogens with zero attached hydrogens (tertiary/aromatic N) is 3. The van der Waals surface area contributed by atoms with Crippen molar-refractivity contribution in [2.24, 2.45) is 11.8 Å². The molecule has 8 heteroatoms. The van der Waals surface area contributed by atoms with Crippen molar-refractivity contribution in [3.8, 4) is 0 Å². The van der Waals surface area contributed by atoms with Gasteiger partial charge in [0, 0.05) is 18.7 Å². The molecule has 3 N–H and O–H groups in total. The molecule has 0 saturated carbocycles.